The van der Waals surface area contributed by atoms with Crippen LogP contribution in [0.3, 0.4) is 0 Å². The molecule has 1 N–H and O–H groups in total. The summed E-state index contributed by atoms with van der Waals surface area (Å²) in [5.41, 5.74) is 0.362. The van der Waals surface area contributed by atoms with Crippen LogP contribution < -0.4 is 5.32 Å². The van der Waals surface area contributed by atoms with Crippen molar-refractivity contribution in [3.05, 3.63) is 35.6 Å². The van der Waals surface area contributed by atoms with E-state index >= 15 is 0 Å². The van der Waals surface area contributed by atoms with Gasteiger partial charge in [-0.15, -0.1) is 0 Å². The van der Waals surface area contributed by atoms with Crippen molar-refractivity contribution in [3.8, 4) is 0 Å². The summed E-state index contributed by atoms with van der Waals surface area (Å²) in [7, 11) is 0. The van der Waals surface area contributed by atoms with Crippen molar-refractivity contribution in [3.63, 3.8) is 0 Å². The molecule has 1 aromatic rings. The Labute approximate surface area is 154 Å². The Morgan fingerprint density at radius 2 is 2.00 bits per heavy atom. The normalized spacial score (nSPS) is 15.9. The fraction of sp³-hybridized carbons (Fsp3) is 0.579. The Morgan fingerprint density at radius 3 is 2.65 bits per heavy atom. The number of nitrogens with one attached hydrogen (secondary N) is 1. The molecule has 0 saturated carbocycles. The lowest BCUT2D eigenvalue weighted by Crippen LogP contribution is -2.37. The summed E-state index contributed by atoms with van der Waals surface area (Å²) in [5.74, 6) is -0.424. The van der Waals surface area contributed by atoms with Gasteiger partial charge in [-0.1, -0.05) is 13.8 Å². The molecule has 0 atom stereocenters. The van der Waals surface area contributed by atoms with Crippen molar-refractivity contribution in [1.29, 1.82) is 0 Å². The summed E-state index contributed by atoms with van der Waals surface area (Å²) in [6.45, 7) is 9.47. The van der Waals surface area contributed by atoms with Crippen molar-refractivity contribution < 1.29 is 18.7 Å². The van der Waals surface area contributed by atoms with E-state index < -0.39 is 0 Å². The van der Waals surface area contributed by atoms with Gasteiger partial charge in [0.1, 0.15) is 5.82 Å². The van der Waals surface area contributed by atoms with Gasteiger partial charge >= 0.3 is 0 Å². The third-order valence-electron chi connectivity index (χ3n) is 3.87. The number of hydrogen-bond donors (Lipinski definition) is 1. The van der Waals surface area contributed by atoms with Gasteiger partial charge in [0.05, 0.1) is 19.8 Å². The lowest BCUT2D eigenvalue weighted by molar-refractivity contribution is 0.0377. The van der Waals surface area contributed by atoms with Crippen LogP contribution in [0.4, 0.5) is 4.39 Å². The van der Waals surface area contributed by atoms with E-state index in [2.05, 4.69) is 15.2 Å². The minimum absolute atomic E-state index is 0.218. The molecule has 144 valence electrons. The summed E-state index contributed by atoms with van der Waals surface area (Å²) in [6, 6.07) is 5.59. The highest BCUT2D eigenvalue weighted by Crippen LogP contribution is 2.03. The molecular weight excluding hydrogens is 337 g/mol. The average molecular weight is 365 g/mol. The van der Waals surface area contributed by atoms with Crippen LogP contribution in [0.5, 0.6) is 0 Å². The summed E-state index contributed by atoms with van der Waals surface area (Å²) in [6.07, 6.45) is 0.876. The second kappa shape index (κ2) is 10.9. The second-order valence-electron chi connectivity index (χ2n) is 6.66. The number of morpholine rings is 1. The molecule has 0 unspecified atom stereocenters. The van der Waals surface area contributed by atoms with Gasteiger partial charge in [0, 0.05) is 31.7 Å². The molecule has 1 heterocycles. The predicted octanol–water partition coefficient (Wildman–Crippen LogP) is 2.31. The van der Waals surface area contributed by atoms with Crippen molar-refractivity contribution >= 4 is 11.9 Å². The van der Waals surface area contributed by atoms with E-state index in [9.17, 15) is 9.18 Å². The zero-order valence-corrected chi connectivity index (χ0v) is 15.5. The molecular formula is C19H28FN3O3. The minimum atomic E-state index is -0.380. The summed E-state index contributed by atoms with van der Waals surface area (Å²) in [4.78, 5) is 19.0. The average Bonchev–Trinajstić information content (AvgIpc) is 2.64. The number of carbonyl (C=O) groups excluding carboxylic acids is 1. The number of nitrogens with zero attached hydrogens (tertiary/aromatic N) is 2. The molecule has 1 aliphatic heterocycles. The van der Waals surface area contributed by atoms with Crippen LogP contribution in [-0.2, 0) is 9.47 Å². The second-order valence-corrected chi connectivity index (χ2v) is 6.66. The van der Waals surface area contributed by atoms with Crippen molar-refractivity contribution in [2.45, 2.75) is 20.3 Å². The van der Waals surface area contributed by atoms with E-state index in [1.54, 1.807) is 0 Å². The highest BCUT2D eigenvalue weighted by molar-refractivity contribution is 6.04. The van der Waals surface area contributed by atoms with Crippen molar-refractivity contribution in [2.24, 2.45) is 10.9 Å². The van der Waals surface area contributed by atoms with Gasteiger partial charge in [0.15, 0.2) is 0 Å². The van der Waals surface area contributed by atoms with Crippen LogP contribution in [0.2, 0.25) is 0 Å². The van der Waals surface area contributed by atoms with Gasteiger partial charge < -0.3 is 9.47 Å². The Morgan fingerprint density at radius 1 is 1.31 bits per heavy atom. The fourth-order valence-corrected chi connectivity index (χ4v) is 2.44. The maximum Gasteiger partial charge on any atom is 0.291 e. The molecule has 6 nitrogen and oxygen atoms in total. The summed E-state index contributed by atoms with van der Waals surface area (Å²) >= 11 is 0. The Kier molecular flexibility index (Phi) is 8.50. The summed E-state index contributed by atoms with van der Waals surface area (Å²) < 4.78 is 23.9. The first kappa shape index (κ1) is 20.3. The van der Waals surface area contributed by atoms with Crippen LogP contribution in [0.1, 0.15) is 30.6 Å². The van der Waals surface area contributed by atoms with Crippen LogP contribution in [0, 0.1) is 11.7 Å². The van der Waals surface area contributed by atoms with Gasteiger partial charge in [-0.05, 0) is 36.6 Å². The molecule has 1 aliphatic rings. The maximum atomic E-state index is 13.0. The molecule has 1 amide bonds. The number of rotatable bonds is 7. The van der Waals surface area contributed by atoms with Crippen LogP contribution in [-0.4, -0.2) is 62.8 Å². The molecule has 0 aromatic heterocycles. The number of ether oxygens (including phenoxy) is 2. The molecule has 0 spiro atoms. The van der Waals surface area contributed by atoms with E-state index in [-0.39, 0.29) is 17.7 Å². The number of aliphatic imine (C=N–C) groups is 1. The molecule has 0 aliphatic carbocycles. The smallest absolute Gasteiger partial charge is 0.291 e. The third-order valence-corrected chi connectivity index (χ3v) is 3.87. The monoisotopic (exact) mass is 365 g/mol. The molecule has 1 saturated heterocycles. The van der Waals surface area contributed by atoms with Gasteiger partial charge in [-0.3, -0.25) is 15.0 Å². The van der Waals surface area contributed by atoms with E-state index in [4.69, 9.17) is 9.47 Å². The number of carbonyl (C=O) groups is 1. The van der Waals surface area contributed by atoms with Crippen LogP contribution in [0.15, 0.2) is 29.3 Å². The lowest BCUT2D eigenvalue weighted by Gasteiger charge is -2.26. The molecule has 1 aromatic carbocycles. The van der Waals surface area contributed by atoms with Gasteiger partial charge in [0.2, 0.25) is 0 Å². The Hall–Kier alpha value is -1.99. The van der Waals surface area contributed by atoms with E-state index in [0.717, 1.165) is 39.3 Å². The molecule has 26 heavy (non-hydrogen) atoms. The first-order valence-corrected chi connectivity index (χ1v) is 9.09. The van der Waals surface area contributed by atoms with Crippen molar-refractivity contribution in [1.82, 2.24) is 10.2 Å². The lowest BCUT2D eigenvalue weighted by atomic mass is 10.2. The maximum absolute atomic E-state index is 13.0. The largest absolute Gasteiger partial charge is 0.465 e. The first-order valence-electron chi connectivity index (χ1n) is 9.09. The van der Waals surface area contributed by atoms with E-state index in [1.807, 2.05) is 13.8 Å². The number of amidine groups is 1. The van der Waals surface area contributed by atoms with E-state index in [0.29, 0.717) is 24.6 Å². The molecule has 0 bridgehead atoms. The highest BCUT2D eigenvalue weighted by atomic mass is 19.1. The molecule has 1 fully saturated rings. The van der Waals surface area contributed by atoms with Gasteiger partial charge in [-0.2, -0.15) is 0 Å². The minimum Gasteiger partial charge on any atom is -0.465 e. The standard InChI is InChI=1S/C19H28FN3O3/c1-15(2)14-26-19(21-8-3-9-23-10-12-25-13-11-23)22-18(24)16-4-6-17(20)7-5-16/h4-7,15H,3,8-14H2,1-2H3,(H,21,22,24). The fourth-order valence-electron chi connectivity index (χ4n) is 2.44. The third kappa shape index (κ3) is 7.49. The van der Waals surface area contributed by atoms with Gasteiger partial charge in [0.25, 0.3) is 11.9 Å². The van der Waals surface area contributed by atoms with Crippen LogP contribution in [0.25, 0.3) is 0 Å². The highest BCUT2D eigenvalue weighted by Gasteiger charge is 2.12. The molecule has 0 radical (unpaired) electrons. The quantitative estimate of drug-likeness (QED) is 0.458. The van der Waals surface area contributed by atoms with Gasteiger partial charge in [-0.25, -0.2) is 9.38 Å². The SMILES string of the molecule is CC(C)COC(=NCCCN1CCOCC1)NC(=O)c1ccc(F)cc1. The predicted molar refractivity (Wildman–Crippen MR) is 98.8 cm³/mol. The number of amides is 1. The number of halogens is 1. The number of hydrogen-bond acceptors (Lipinski definition) is 5. The van der Waals surface area contributed by atoms with E-state index in [1.165, 1.54) is 24.3 Å². The topological polar surface area (TPSA) is 63.2 Å². The molecule has 2 rings (SSSR count). The molecule has 7 heteroatoms. The summed E-state index contributed by atoms with van der Waals surface area (Å²) in [5, 5.41) is 2.68. The zero-order valence-electron chi connectivity index (χ0n) is 15.5. The Bertz CT molecular complexity index is 584. The first-order chi connectivity index (χ1) is 12.5. The number of benzene rings is 1. The van der Waals surface area contributed by atoms with Crippen LogP contribution >= 0.6 is 0 Å². The van der Waals surface area contributed by atoms with Crippen molar-refractivity contribution in [2.75, 3.05) is 46.0 Å². The Balaban J connectivity index is 1.86. The zero-order chi connectivity index (χ0) is 18.8.